The number of halogens is 2. The maximum Gasteiger partial charge on any atom is 0.0973 e. The molecular weight excluding hydrogens is 339 g/mol. The first-order chi connectivity index (χ1) is 11.7. The Kier molecular flexibility index (Phi) is 3.93. The second-order valence-electron chi connectivity index (χ2n) is 5.43. The van der Waals surface area contributed by atoms with Gasteiger partial charge in [0, 0.05) is 21.2 Å². The van der Waals surface area contributed by atoms with E-state index in [1.165, 1.54) is 0 Å². The Labute approximate surface area is 149 Å². The fourth-order valence-electron chi connectivity index (χ4n) is 2.65. The number of para-hydroxylation sites is 2. The summed E-state index contributed by atoms with van der Waals surface area (Å²) in [5, 5.41) is 1.36. The van der Waals surface area contributed by atoms with Gasteiger partial charge in [-0.1, -0.05) is 59.6 Å². The Morgan fingerprint density at radius 1 is 0.542 bits per heavy atom. The minimum atomic E-state index is 0.671. The summed E-state index contributed by atoms with van der Waals surface area (Å²) in [6.45, 7) is 0. The first kappa shape index (κ1) is 15.1. The summed E-state index contributed by atoms with van der Waals surface area (Å²) in [6, 6.07) is 23.1. The molecule has 0 saturated carbocycles. The predicted octanol–water partition coefficient (Wildman–Crippen LogP) is 6.27. The molecule has 4 aromatic rings. The quantitative estimate of drug-likeness (QED) is 0.425. The Morgan fingerprint density at radius 3 is 1.79 bits per heavy atom. The maximum absolute atomic E-state index is 6.17. The third-order valence-electron chi connectivity index (χ3n) is 3.79. The monoisotopic (exact) mass is 350 g/mol. The third-order valence-corrected chi connectivity index (χ3v) is 4.27. The van der Waals surface area contributed by atoms with Crippen molar-refractivity contribution >= 4 is 34.2 Å². The van der Waals surface area contributed by atoms with E-state index in [2.05, 4.69) is 0 Å². The van der Waals surface area contributed by atoms with E-state index < -0.39 is 0 Å². The molecule has 0 radical (unpaired) electrons. The van der Waals surface area contributed by atoms with E-state index in [0.717, 1.165) is 33.5 Å². The summed E-state index contributed by atoms with van der Waals surface area (Å²) in [5.74, 6) is 0. The smallest absolute Gasteiger partial charge is 0.0973 e. The number of hydrogen-bond acceptors (Lipinski definition) is 2. The van der Waals surface area contributed by atoms with Gasteiger partial charge in [-0.3, -0.25) is 0 Å². The van der Waals surface area contributed by atoms with Gasteiger partial charge in [0.2, 0.25) is 0 Å². The van der Waals surface area contributed by atoms with Crippen molar-refractivity contribution in [3.63, 3.8) is 0 Å². The highest BCUT2D eigenvalue weighted by Gasteiger charge is 2.13. The molecule has 0 amide bonds. The average Bonchev–Trinajstić information content (AvgIpc) is 2.61. The van der Waals surface area contributed by atoms with Crippen molar-refractivity contribution in [2.45, 2.75) is 0 Å². The molecule has 0 atom stereocenters. The lowest BCUT2D eigenvalue weighted by molar-refractivity contribution is 1.29. The normalized spacial score (nSPS) is 10.9. The van der Waals surface area contributed by atoms with Crippen molar-refractivity contribution < 1.29 is 0 Å². The summed E-state index contributed by atoms with van der Waals surface area (Å²) in [5.41, 5.74) is 5.22. The highest BCUT2D eigenvalue weighted by Crippen LogP contribution is 2.32. The Morgan fingerprint density at radius 2 is 1.17 bits per heavy atom. The molecule has 1 heterocycles. The van der Waals surface area contributed by atoms with E-state index in [1.807, 2.05) is 72.8 Å². The number of rotatable bonds is 2. The van der Waals surface area contributed by atoms with E-state index in [1.54, 1.807) is 0 Å². The van der Waals surface area contributed by atoms with E-state index in [9.17, 15) is 0 Å². The van der Waals surface area contributed by atoms with E-state index in [4.69, 9.17) is 33.2 Å². The molecule has 24 heavy (non-hydrogen) atoms. The van der Waals surface area contributed by atoms with Gasteiger partial charge in [0.05, 0.1) is 22.4 Å². The van der Waals surface area contributed by atoms with Crippen LogP contribution in [0.4, 0.5) is 0 Å². The summed E-state index contributed by atoms with van der Waals surface area (Å²) >= 11 is 12.2. The van der Waals surface area contributed by atoms with Crippen LogP contribution in [0.1, 0.15) is 0 Å². The summed E-state index contributed by atoms with van der Waals surface area (Å²) in [7, 11) is 0. The minimum Gasteiger partial charge on any atom is -0.244 e. The SMILES string of the molecule is Clc1ccc(-c2nc3ccccc3nc2-c2cccc(Cl)c2)cc1. The molecule has 1 aromatic heterocycles. The molecule has 0 aliphatic heterocycles. The number of benzene rings is 3. The fraction of sp³-hybridized carbons (Fsp3) is 0. The standard InChI is InChI=1S/C20H12Cl2N2/c21-15-10-8-13(9-11-15)19-20(14-4-3-5-16(22)12-14)24-18-7-2-1-6-17(18)23-19/h1-12H. The van der Waals surface area contributed by atoms with Gasteiger partial charge in [0.1, 0.15) is 0 Å². The lowest BCUT2D eigenvalue weighted by Crippen LogP contribution is -1.95. The summed E-state index contributed by atoms with van der Waals surface area (Å²) < 4.78 is 0. The molecule has 0 aliphatic rings. The van der Waals surface area contributed by atoms with Crippen LogP contribution in [0.25, 0.3) is 33.5 Å². The van der Waals surface area contributed by atoms with Crippen LogP contribution < -0.4 is 0 Å². The zero-order chi connectivity index (χ0) is 16.5. The average molecular weight is 351 g/mol. The van der Waals surface area contributed by atoms with Crippen LogP contribution >= 0.6 is 23.2 Å². The molecule has 0 spiro atoms. The fourth-order valence-corrected chi connectivity index (χ4v) is 2.96. The highest BCUT2D eigenvalue weighted by atomic mass is 35.5. The predicted molar refractivity (Wildman–Crippen MR) is 100 cm³/mol. The summed E-state index contributed by atoms with van der Waals surface area (Å²) in [6.07, 6.45) is 0. The van der Waals surface area contributed by atoms with Crippen molar-refractivity contribution in [3.05, 3.63) is 82.8 Å². The second kappa shape index (κ2) is 6.23. The van der Waals surface area contributed by atoms with E-state index in [0.29, 0.717) is 10.0 Å². The van der Waals surface area contributed by atoms with E-state index in [-0.39, 0.29) is 0 Å². The van der Waals surface area contributed by atoms with Crippen LogP contribution in [0.15, 0.2) is 72.8 Å². The number of aromatic nitrogens is 2. The molecule has 0 unspecified atom stereocenters. The first-order valence-electron chi connectivity index (χ1n) is 7.49. The van der Waals surface area contributed by atoms with Gasteiger partial charge >= 0.3 is 0 Å². The Balaban J connectivity index is 2.02. The van der Waals surface area contributed by atoms with Crippen LogP contribution in [0.5, 0.6) is 0 Å². The van der Waals surface area contributed by atoms with Crippen molar-refractivity contribution in [2.75, 3.05) is 0 Å². The third kappa shape index (κ3) is 2.86. The van der Waals surface area contributed by atoms with Crippen LogP contribution in [-0.2, 0) is 0 Å². The zero-order valence-corrected chi connectivity index (χ0v) is 14.1. The summed E-state index contributed by atoms with van der Waals surface area (Å²) in [4.78, 5) is 9.66. The van der Waals surface area contributed by atoms with Crippen molar-refractivity contribution in [2.24, 2.45) is 0 Å². The topological polar surface area (TPSA) is 25.8 Å². The van der Waals surface area contributed by atoms with Gasteiger partial charge in [-0.2, -0.15) is 0 Å². The largest absolute Gasteiger partial charge is 0.244 e. The molecule has 0 bridgehead atoms. The molecule has 0 saturated heterocycles. The van der Waals surface area contributed by atoms with E-state index >= 15 is 0 Å². The van der Waals surface area contributed by atoms with Crippen LogP contribution in [0.3, 0.4) is 0 Å². The van der Waals surface area contributed by atoms with Gasteiger partial charge in [-0.15, -0.1) is 0 Å². The van der Waals surface area contributed by atoms with Gasteiger partial charge in [-0.05, 0) is 36.4 Å². The molecule has 2 nitrogen and oxygen atoms in total. The molecule has 4 rings (SSSR count). The molecule has 116 valence electrons. The zero-order valence-electron chi connectivity index (χ0n) is 12.6. The van der Waals surface area contributed by atoms with Crippen molar-refractivity contribution in [3.8, 4) is 22.5 Å². The molecule has 4 heteroatoms. The molecule has 0 aliphatic carbocycles. The molecule has 3 aromatic carbocycles. The minimum absolute atomic E-state index is 0.671. The van der Waals surface area contributed by atoms with Crippen molar-refractivity contribution in [1.82, 2.24) is 9.97 Å². The highest BCUT2D eigenvalue weighted by molar-refractivity contribution is 6.31. The maximum atomic E-state index is 6.17. The van der Waals surface area contributed by atoms with Gasteiger partial charge in [0.15, 0.2) is 0 Å². The lowest BCUT2D eigenvalue weighted by atomic mass is 10.0. The van der Waals surface area contributed by atoms with Gasteiger partial charge < -0.3 is 0 Å². The van der Waals surface area contributed by atoms with Crippen molar-refractivity contribution in [1.29, 1.82) is 0 Å². The van der Waals surface area contributed by atoms with Crippen LogP contribution in [0, 0.1) is 0 Å². The second-order valence-corrected chi connectivity index (χ2v) is 6.30. The molecule has 0 N–H and O–H groups in total. The van der Waals surface area contributed by atoms with Crippen LogP contribution in [-0.4, -0.2) is 9.97 Å². The van der Waals surface area contributed by atoms with Gasteiger partial charge in [0.25, 0.3) is 0 Å². The van der Waals surface area contributed by atoms with Gasteiger partial charge in [-0.25, -0.2) is 9.97 Å². The molecule has 0 fully saturated rings. The lowest BCUT2D eigenvalue weighted by Gasteiger charge is -2.11. The Bertz CT molecular complexity index is 1030. The number of hydrogen-bond donors (Lipinski definition) is 0. The molecular formula is C20H12Cl2N2. The number of fused-ring (bicyclic) bond motifs is 1. The van der Waals surface area contributed by atoms with Crippen LogP contribution in [0.2, 0.25) is 10.0 Å². The Hall–Kier alpha value is -2.42. The number of nitrogens with zero attached hydrogens (tertiary/aromatic N) is 2. The first-order valence-corrected chi connectivity index (χ1v) is 8.25.